The van der Waals surface area contributed by atoms with Crippen molar-refractivity contribution in [2.24, 2.45) is 0 Å². The van der Waals surface area contributed by atoms with Gasteiger partial charge in [-0.15, -0.1) is 0 Å². The summed E-state index contributed by atoms with van der Waals surface area (Å²) in [7, 11) is 0. The monoisotopic (exact) mass is 243 g/mol. The van der Waals surface area contributed by atoms with Gasteiger partial charge in [-0.05, 0) is 32.3 Å². The van der Waals surface area contributed by atoms with Crippen LogP contribution in [0, 0.1) is 13.8 Å². The Bertz CT molecular complexity index is 556. The van der Waals surface area contributed by atoms with E-state index in [0.29, 0.717) is 12.0 Å². The lowest BCUT2D eigenvalue weighted by molar-refractivity contribution is 0.675. The highest BCUT2D eigenvalue weighted by Crippen LogP contribution is 2.19. The van der Waals surface area contributed by atoms with Crippen LogP contribution in [-0.2, 0) is 6.54 Å². The number of hydrogen-bond acceptors (Lipinski definition) is 4. The molecule has 5 nitrogen and oxygen atoms in total. The Hall–Kier alpha value is -1.75. The van der Waals surface area contributed by atoms with Gasteiger partial charge < -0.3 is 5.32 Å². The van der Waals surface area contributed by atoms with Crippen molar-refractivity contribution < 1.29 is 0 Å². The first kappa shape index (κ1) is 11.3. The smallest absolute Gasteiger partial charge is 0.250 e. The summed E-state index contributed by atoms with van der Waals surface area (Å²) in [5.74, 6) is 0.635. The van der Waals surface area contributed by atoms with Gasteiger partial charge >= 0.3 is 0 Å². The van der Waals surface area contributed by atoms with E-state index in [1.54, 1.807) is 10.9 Å². The third kappa shape index (κ3) is 2.41. The highest BCUT2D eigenvalue weighted by molar-refractivity contribution is 5.22. The molecule has 1 N–H and O–H groups in total. The topological polar surface area (TPSA) is 55.6 Å². The molecule has 1 aliphatic rings. The number of aromatic nitrogens is 4. The number of aryl methyl sites for hydroxylation is 2. The number of nitrogens with one attached hydrogen (secondary N) is 1. The van der Waals surface area contributed by atoms with Crippen molar-refractivity contribution >= 4 is 0 Å². The van der Waals surface area contributed by atoms with Crippen LogP contribution in [0.4, 0.5) is 0 Å². The molecule has 94 valence electrons. The Morgan fingerprint density at radius 2 is 2.17 bits per heavy atom. The standard InChI is InChI=1S/C13H17N5/c1-9-5-16-18(8-9)13-15-7-11(10(2)17-13)6-14-12-3-4-12/h5,7-8,12,14H,3-4,6H2,1-2H3. The summed E-state index contributed by atoms with van der Waals surface area (Å²) in [4.78, 5) is 8.88. The van der Waals surface area contributed by atoms with Gasteiger partial charge in [-0.3, -0.25) is 0 Å². The Morgan fingerprint density at radius 1 is 1.33 bits per heavy atom. The van der Waals surface area contributed by atoms with Gasteiger partial charge in [0.15, 0.2) is 0 Å². The molecule has 1 aliphatic carbocycles. The molecule has 0 amide bonds. The van der Waals surface area contributed by atoms with Crippen molar-refractivity contribution in [3.8, 4) is 5.95 Å². The maximum absolute atomic E-state index is 4.50. The predicted molar refractivity (Wildman–Crippen MR) is 68.5 cm³/mol. The van der Waals surface area contributed by atoms with Crippen molar-refractivity contribution in [3.05, 3.63) is 35.4 Å². The van der Waals surface area contributed by atoms with E-state index in [-0.39, 0.29) is 0 Å². The van der Waals surface area contributed by atoms with Crippen LogP contribution < -0.4 is 5.32 Å². The van der Waals surface area contributed by atoms with E-state index in [9.17, 15) is 0 Å². The summed E-state index contributed by atoms with van der Waals surface area (Å²) in [5, 5.41) is 7.69. The largest absolute Gasteiger partial charge is 0.310 e. The summed E-state index contributed by atoms with van der Waals surface area (Å²) in [5.41, 5.74) is 3.28. The van der Waals surface area contributed by atoms with E-state index in [4.69, 9.17) is 0 Å². The van der Waals surface area contributed by atoms with Crippen LogP contribution >= 0.6 is 0 Å². The van der Waals surface area contributed by atoms with Gasteiger partial charge in [-0.25, -0.2) is 14.6 Å². The molecule has 2 aromatic rings. The number of rotatable bonds is 4. The van der Waals surface area contributed by atoms with Gasteiger partial charge in [0, 0.05) is 36.2 Å². The zero-order valence-electron chi connectivity index (χ0n) is 10.7. The van der Waals surface area contributed by atoms with Crippen molar-refractivity contribution in [1.29, 1.82) is 0 Å². The lowest BCUT2D eigenvalue weighted by Gasteiger charge is -2.07. The average Bonchev–Trinajstić information content (AvgIpc) is 3.08. The molecule has 0 radical (unpaired) electrons. The van der Waals surface area contributed by atoms with Gasteiger partial charge in [-0.2, -0.15) is 5.10 Å². The maximum atomic E-state index is 4.50. The molecule has 0 aromatic carbocycles. The van der Waals surface area contributed by atoms with Gasteiger partial charge in [-0.1, -0.05) is 0 Å². The first-order valence-corrected chi connectivity index (χ1v) is 6.30. The molecular formula is C13H17N5. The molecule has 2 aromatic heterocycles. The molecule has 0 aliphatic heterocycles. The van der Waals surface area contributed by atoms with Crippen molar-refractivity contribution in [2.45, 2.75) is 39.3 Å². The average molecular weight is 243 g/mol. The molecule has 0 spiro atoms. The molecule has 0 atom stereocenters. The number of nitrogens with zero attached hydrogens (tertiary/aromatic N) is 4. The lowest BCUT2D eigenvalue weighted by Crippen LogP contribution is -2.17. The van der Waals surface area contributed by atoms with Crippen molar-refractivity contribution in [1.82, 2.24) is 25.1 Å². The summed E-state index contributed by atoms with van der Waals surface area (Å²) in [6.45, 7) is 4.88. The second-order valence-electron chi connectivity index (χ2n) is 4.90. The molecular weight excluding hydrogens is 226 g/mol. The second kappa shape index (κ2) is 4.49. The highest BCUT2D eigenvalue weighted by Gasteiger charge is 2.20. The van der Waals surface area contributed by atoms with E-state index in [0.717, 1.165) is 23.4 Å². The lowest BCUT2D eigenvalue weighted by atomic mass is 10.2. The van der Waals surface area contributed by atoms with E-state index in [2.05, 4.69) is 20.4 Å². The normalized spacial score (nSPS) is 15.0. The molecule has 2 heterocycles. The predicted octanol–water partition coefficient (Wildman–Crippen LogP) is 1.53. The van der Waals surface area contributed by atoms with Crippen LogP contribution in [0.3, 0.4) is 0 Å². The molecule has 0 saturated heterocycles. The van der Waals surface area contributed by atoms with Crippen LogP contribution in [0.15, 0.2) is 18.6 Å². The summed E-state index contributed by atoms with van der Waals surface area (Å²) in [6.07, 6.45) is 8.22. The van der Waals surface area contributed by atoms with Gasteiger partial charge in [0.25, 0.3) is 5.95 Å². The van der Waals surface area contributed by atoms with E-state index in [1.807, 2.05) is 26.2 Å². The molecule has 0 unspecified atom stereocenters. The molecule has 3 rings (SSSR count). The minimum atomic E-state index is 0.635. The Balaban J connectivity index is 1.79. The minimum Gasteiger partial charge on any atom is -0.310 e. The number of hydrogen-bond donors (Lipinski definition) is 1. The van der Waals surface area contributed by atoms with Crippen LogP contribution in [0.2, 0.25) is 0 Å². The zero-order valence-corrected chi connectivity index (χ0v) is 10.7. The molecule has 0 bridgehead atoms. The first-order valence-electron chi connectivity index (χ1n) is 6.30. The minimum absolute atomic E-state index is 0.635. The molecule has 5 heteroatoms. The summed E-state index contributed by atoms with van der Waals surface area (Å²) >= 11 is 0. The highest BCUT2D eigenvalue weighted by atomic mass is 15.3. The van der Waals surface area contributed by atoms with Crippen LogP contribution in [0.5, 0.6) is 0 Å². The van der Waals surface area contributed by atoms with Gasteiger partial charge in [0.1, 0.15) is 0 Å². The summed E-state index contributed by atoms with van der Waals surface area (Å²) in [6, 6.07) is 0.706. The van der Waals surface area contributed by atoms with Crippen LogP contribution in [0.1, 0.15) is 29.7 Å². The maximum Gasteiger partial charge on any atom is 0.250 e. The quantitative estimate of drug-likeness (QED) is 0.884. The van der Waals surface area contributed by atoms with Crippen LogP contribution in [-0.4, -0.2) is 25.8 Å². The SMILES string of the molecule is Cc1cnn(-c2ncc(CNC3CC3)c(C)n2)c1. The Morgan fingerprint density at radius 3 is 2.78 bits per heavy atom. The van der Waals surface area contributed by atoms with Gasteiger partial charge in [0.05, 0.1) is 6.20 Å². The first-order chi connectivity index (χ1) is 8.72. The zero-order chi connectivity index (χ0) is 12.5. The summed E-state index contributed by atoms with van der Waals surface area (Å²) < 4.78 is 1.71. The second-order valence-corrected chi connectivity index (χ2v) is 4.90. The van der Waals surface area contributed by atoms with Crippen molar-refractivity contribution in [3.63, 3.8) is 0 Å². The Labute approximate surface area is 106 Å². The molecule has 1 fully saturated rings. The molecule has 1 saturated carbocycles. The fourth-order valence-corrected chi connectivity index (χ4v) is 1.83. The van der Waals surface area contributed by atoms with E-state index in [1.165, 1.54) is 12.8 Å². The third-order valence-electron chi connectivity index (χ3n) is 3.14. The van der Waals surface area contributed by atoms with Gasteiger partial charge in [0.2, 0.25) is 0 Å². The fraction of sp³-hybridized carbons (Fsp3) is 0.462. The van der Waals surface area contributed by atoms with Crippen LogP contribution in [0.25, 0.3) is 5.95 Å². The Kier molecular flexibility index (Phi) is 2.83. The fourth-order valence-electron chi connectivity index (χ4n) is 1.83. The van der Waals surface area contributed by atoms with E-state index < -0.39 is 0 Å². The van der Waals surface area contributed by atoms with E-state index >= 15 is 0 Å². The third-order valence-corrected chi connectivity index (χ3v) is 3.14. The van der Waals surface area contributed by atoms with Crippen molar-refractivity contribution in [2.75, 3.05) is 0 Å². The molecule has 18 heavy (non-hydrogen) atoms.